The topological polar surface area (TPSA) is 67.6 Å². The van der Waals surface area contributed by atoms with Crippen molar-refractivity contribution in [1.29, 1.82) is 0 Å². The van der Waals surface area contributed by atoms with Gasteiger partial charge >= 0.3 is 0 Å². The Bertz CT molecular complexity index is 471. The zero-order valence-electron chi connectivity index (χ0n) is 8.92. The number of sulfone groups is 1. The van der Waals surface area contributed by atoms with Crippen LogP contribution < -0.4 is 0 Å². The minimum atomic E-state index is -3.01. The van der Waals surface area contributed by atoms with Gasteiger partial charge in [-0.05, 0) is 6.07 Å². The third kappa shape index (κ3) is 1.84. The van der Waals surface area contributed by atoms with Gasteiger partial charge in [0.05, 0.1) is 17.1 Å². The molecule has 0 N–H and O–H groups in total. The third-order valence-electron chi connectivity index (χ3n) is 2.81. The molecule has 1 aromatic rings. The maximum Gasteiger partial charge on any atom is 0.257 e. The summed E-state index contributed by atoms with van der Waals surface area (Å²) in [5.41, 5.74) is 0.465. The normalized spacial score (nSPS) is 17.2. The van der Waals surface area contributed by atoms with Gasteiger partial charge in [0.25, 0.3) is 5.91 Å². The van der Waals surface area contributed by atoms with Gasteiger partial charge in [0, 0.05) is 18.8 Å². The van der Waals surface area contributed by atoms with Crippen LogP contribution in [-0.4, -0.2) is 43.3 Å². The van der Waals surface area contributed by atoms with Crippen LogP contribution in [0.15, 0.2) is 23.0 Å². The van der Waals surface area contributed by atoms with Crippen LogP contribution in [0.2, 0.25) is 0 Å². The van der Waals surface area contributed by atoms with Crippen LogP contribution in [0.5, 0.6) is 0 Å². The van der Waals surface area contributed by atoms with Crippen molar-refractivity contribution in [2.45, 2.75) is 12.2 Å². The molecule has 1 aliphatic rings. The second kappa shape index (κ2) is 3.93. The fourth-order valence-electron chi connectivity index (χ4n) is 1.64. The highest BCUT2D eigenvalue weighted by Gasteiger charge is 2.38. The largest absolute Gasteiger partial charge is 0.472 e. The summed E-state index contributed by atoms with van der Waals surface area (Å²) in [7, 11) is -3.01. The Morgan fingerprint density at radius 1 is 1.56 bits per heavy atom. The van der Waals surface area contributed by atoms with Crippen molar-refractivity contribution in [3.8, 4) is 0 Å². The second-order valence-corrected chi connectivity index (χ2v) is 6.37. The van der Waals surface area contributed by atoms with Crippen molar-refractivity contribution >= 4 is 15.7 Å². The standard InChI is InChI=1S/C10H13NO4S/c1-2-16(13,14)9-5-11(6-9)10(12)8-3-4-15-7-8/h3-4,7,9H,2,5-6H2,1H3. The molecule has 2 rings (SSSR count). The van der Waals surface area contributed by atoms with E-state index in [0.29, 0.717) is 18.7 Å². The summed E-state index contributed by atoms with van der Waals surface area (Å²) in [4.78, 5) is 13.2. The molecule has 0 aromatic carbocycles. The van der Waals surface area contributed by atoms with Crippen molar-refractivity contribution in [1.82, 2.24) is 4.90 Å². The van der Waals surface area contributed by atoms with E-state index in [2.05, 4.69) is 0 Å². The summed E-state index contributed by atoms with van der Waals surface area (Å²) in [5.74, 6) is -0.0397. The number of hydrogen-bond donors (Lipinski definition) is 0. The molecule has 1 fully saturated rings. The van der Waals surface area contributed by atoms with Gasteiger partial charge in [-0.1, -0.05) is 6.92 Å². The summed E-state index contributed by atoms with van der Waals surface area (Å²) in [6, 6.07) is 1.57. The molecule has 1 saturated heterocycles. The minimum Gasteiger partial charge on any atom is -0.472 e. The Morgan fingerprint density at radius 3 is 2.75 bits per heavy atom. The molecule has 0 unspecified atom stereocenters. The van der Waals surface area contributed by atoms with Crippen LogP contribution in [0.25, 0.3) is 0 Å². The second-order valence-electron chi connectivity index (χ2n) is 3.80. The molecule has 16 heavy (non-hydrogen) atoms. The van der Waals surface area contributed by atoms with E-state index in [-0.39, 0.29) is 11.7 Å². The molecule has 1 aliphatic heterocycles. The highest BCUT2D eigenvalue weighted by Crippen LogP contribution is 2.19. The van der Waals surface area contributed by atoms with Crippen LogP contribution in [0.4, 0.5) is 0 Å². The smallest absolute Gasteiger partial charge is 0.257 e. The Hall–Kier alpha value is -1.30. The minimum absolute atomic E-state index is 0.130. The Morgan fingerprint density at radius 2 is 2.25 bits per heavy atom. The quantitative estimate of drug-likeness (QED) is 0.777. The van der Waals surface area contributed by atoms with E-state index in [1.54, 1.807) is 13.0 Å². The van der Waals surface area contributed by atoms with Crippen molar-refractivity contribution in [2.24, 2.45) is 0 Å². The molecule has 1 amide bonds. The maximum absolute atomic E-state index is 11.7. The molecule has 6 heteroatoms. The maximum atomic E-state index is 11.7. The van der Waals surface area contributed by atoms with Gasteiger partial charge in [0.1, 0.15) is 6.26 Å². The zero-order valence-corrected chi connectivity index (χ0v) is 9.74. The van der Waals surface area contributed by atoms with Crippen LogP contribution in [-0.2, 0) is 9.84 Å². The summed E-state index contributed by atoms with van der Waals surface area (Å²) in [6.45, 7) is 2.20. The van der Waals surface area contributed by atoms with E-state index >= 15 is 0 Å². The number of rotatable bonds is 3. The number of likely N-dealkylation sites (tertiary alicyclic amines) is 1. The highest BCUT2D eigenvalue weighted by molar-refractivity contribution is 7.92. The molecule has 88 valence electrons. The summed E-state index contributed by atoms with van der Waals surface area (Å²) in [5, 5.41) is -0.395. The Balaban J connectivity index is 1.97. The Kier molecular flexibility index (Phi) is 2.75. The number of amides is 1. The summed E-state index contributed by atoms with van der Waals surface area (Å²) >= 11 is 0. The van der Waals surface area contributed by atoms with E-state index in [1.165, 1.54) is 17.4 Å². The number of furan rings is 1. The van der Waals surface area contributed by atoms with Gasteiger partial charge in [-0.15, -0.1) is 0 Å². The van der Waals surface area contributed by atoms with Crippen molar-refractivity contribution in [3.63, 3.8) is 0 Å². The first-order chi connectivity index (χ1) is 7.54. The van der Waals surface area contributed by atoms with E-state index in [9.17, 15) is 13.2 Å². The van der Waals surface area contributed by atoms with Gasteiger partial charge in [-0.2, -0.15) is 0 Å². The zero-order chi connectivity index (χ0) is 11.8. The molecule has 1 aromatic heterocycles. The lowest BCUT2D eigenvalue weighted by Gasteiger charge is -2.38. The molecule has 0 bridgehead atoms. The van der Waals surface area contributed by atoms with Crippen molar-refractivity contribution < 1.29 is 17.6 Å². The molecular weight excluding hydrogens is 230 g/mol. The molecule has 0 aliphatic carbocycles. The fraction of sp³-hybridized carbons (Fsp3) is 0.500. The fourth-order valence-corrected chi connectivity index (χ4v) is 2.92. The third-order valence-corrected chi connectivity index (χ3v) is 4.93. The molecule has 0 saturated carbocycles. The highest BCUT2D eigenvalue weighted by atomic mass is 32.2. The van der Waals surface area contributed by atoms with E-state index in [0.717, 1.165) is 0 Å². The molecule has 2 heterocycles. The van der Waals surface area contributed by atoms with Crippen LogP contribution in [0.1, 0.15) is 17.3 Å². The first-order valence-corrected chi connectivity index (χ1v) is 6.79. The predicted molar refractivity (Wildman–Crippen MR) is 57.9 cm³/mol. The van der Waals surface area contributed by atoms with Crippen LogP contribution >= 0.6 is 0 Å². The lowest BCUT2D eigenvalue weighted by atomic mass is 10.2. The monoisotopic (exact) mass is 243 g/mol. The first-order valence-electron chi connectivity index (χ1n) is 5.07. The number of hydrogen-bond acceptors (Lipinski definition) is 4. The van der Waals surface area contributed by atoms with E-state index in [4.69, 9.17) is 4.42 Å². The van der Waals surface area contributed by atoms with Crippen LogP contribution in [0, 0.1) is 0 Å². The number of nitrogens with zero attached hydrogens (tertiary/aromatic N) is 1. The van der Waals surface area contributed by atoms with Gasteiger partial charge in [0.15, 0.2) is 9.84 Å². The average molecular weight is 243 g/mol. The van der Waals surface area contributed by atoms with Gasteiger partial charge in [-0.3, -0.25) is 4.79 Å². The number of carbonyl (C=O) groups excluding carboxylic acids is 1. The van der Waals surface area contributed by atoms with Crippen molar-refractivity contribution in [3.05, 3.63) is 24.2 Å². The number of carbonyl (C=O) groups is 1. The SMILES string of the molecule is CCS(=O)(=O)C1CN(C(=O)c2ccoc2)C1. The molecule has 0 atom stereocenters. The van der Waals surface area contributed by atoms with Gasteiger partial charge in [0.2, 0.25) is 0 Å². The lowest BCUT2D eigenvalue weighted by Crippen LogP contribution is -2.57. The molecule has 0 radical (unpaired) electrons. The molecule has 5 nitrogen and oxygen atoms in total. The summed E-state index contributed by atoms with van der Waals surface area (Å²) < 4.78 is 27.8. The van der Waals surface area contributed by atoms with Crippen molar-refractivity contribution in [2.75, 3.05) is 18.8 Å². The predicted octanol–water partition coefficient (Wildman–Crippen LogP) is 0.539. The molecular formula is C10H13NO4S. The van der Waals surface area contributed by atoms with Crippen LogP contribution in [0.3, 0.4) is 0 Å². The van der Waals surface area contributed by atoms with Gasteiger partial charge in [-0.25, -0.2) is 8.42 Å². The van der Waals surface area contributed by atoms with Gasteiger partial charge < -0.3 is 9.32 Å². The average Bonchev–Trinajstić information content (AvgIpc) is 2.67. The summed E-state index contributed by atoms with van der Waals surface area (Å²) in [6.07, 6.45) is 2.79. The Labute approximate surface area is 94.0 Å². The van der Waals surface area contributed by atoms with E-state index in [1.807, 2.05) is 0 Å². The molecule has 0 spiro atoms. The van der Waals surface area contributed by atoms with E-state index < -0.39 is 15.1 Å². The first kappa shape index (κ1) is 11.2. The lowest BCUT2D eigenvalue weighted by molar-refractivity contribution is 0.0658.